The third-order valence-electron chi connectivity index (χ3n) is 2.21. The number of aliphatic hydroxyl groups excluding tert-OH is 1. The molecular formula is C12H18N2O3. The number of anilines is 1. The van der Waals surface area contributed by atoms with E-state index in [0.29, 0.717) is 30.2 Å². The van der Waals surface area contributed by atoms with E-state index in [-0.39, 0.29) is 18.9 Å². The summed E-state index contributed by atoms with van der Waals surface area (Å²) in [6.45, 7) is 3.01. The van der Waals surface area contributed by atoms with Gasteiger partial charge in [0.2, 0.25) is 0 Å². The zero-order valence-electron chi connectivity index (χ0n) is 9.90. The molecule has 0 spiro atoms. The van der Waals surface area contributed by atoms with Crippen molar-refractivity contribution in [2.45, 2.75) is 6.92 Å². The Morgan fingerprint density at radius 3 is 2.88 bits per heavy atom. The molecule has 0 unspecified atom stereocenters. The van der Waals surface area contributed by atoms with E-state index in [4.69, 9.17) is 15.6 Å². The number of hydrogen-bond donors (Lipinski definition) is 3. The minimum absolute atomic E-state index is 0.0126. The number of carbonyl (C=O) groups excluding carboxylic acids is 1. The van der Waals surface area contributed by atoms with Crippen molar-refractivity contribution in [3.05, 3.63) is 23.8 Å². The third-order valence-corrected chi connectivity index (χ3v) is 2.21. The number of aliphatic hydroxyl groups is 1. The second-order valence-corrected chi connectivity index (χ2v) is 3.51. The summed E-state index contributed by atoms with van der Waals surface area (Å²) in [4.78, 5) is 11.7. The molecule has 1 aromatic rings. The third kappa shape index (κ3) is 4.05. The first-order chi connectivity index (χ1) is 8.19. The molecule has 0 heterocycles. The van der Waals surface area contributed by atoms with Crippen LogP contribution >= 0.6 is 0 Å². The highest BCUT2D eigenvalue weighted by Crippen LogP contribution is 2.22. The maximum absolute atomic E-state index is 11.7. The van der Waals surface area contributed by atoms with Gasteiger partial charge in [0, 0.05) is 12.1 Å². The van der Waals surface area contributed by atoms with Crippen LogP contribution < -0.4 is 15.8 Å². The number of carbonyl (C=O) groups is 1. The van der Waals surface area contributed by atoms with Crippen LogP contribution in [0.1, 0.15) is 17.3 Å². The van der Waals surface area contributed by atoms with Gasteiger partial charge < -0.3 is 20.9 Å². The number of ether oxygens (including phenoxy) is 1. The Kier molecular flexibility index (Phi) is 5.45. The van der Waals surface area contributed by atoms with E-state index in [1.165, 1.54) is 0 Å². The maximum Gasteiger partial charge on any atom is 0.176 e. The summed E-state index contributed by atoms with van der Waals surface area (Å²) in [6.07, 6.45) is 0. The summed E-state index contributed by atoms with van der Waals surface area (Å²) < 4.78 is 5.28. The van der Waals surface area contributed by atoms with Crippen molar-refractivity contribution < 1.29 is 14.6 Å². The van der Waals surface area contributed by atoms with Gasteiger partial charge in [-0.05, 0) is 25.1 Å². The summed E-state index contributed by atoms with van der Waals surface area (Å²) in [7, 11) is 0. The van der Waals surface area contributed by atoms with Crippen molar-refractivity contribution >= 4 is 11.5 Å². The molecule has 0 fully saturated rings. The van der Waals surface area contributed by atoms with E-state index in [1.807, 2.05) is 6.92 Å². The van der Waals surface area contributed by atoms with E-state index in [0.717, 1.165) is 0 Å². The van der Waals surface area contributed by atoms with Crippen LogP contribution in [0.3, 0.4) is 0 Å². The molecule has 17 heavy (non-hydrogen) atoms. The highest BCUT2D eigenvalue weighted by Gasteiger charge is 2.08. The number of rotatable bonds is 7. The average Bonchev–Trinajstić information content (AvgIpc) is 2.32. The smallest absolute Gasteiger partial charge is 0.176 e. The van der Waals surface area contributed by atoms with E-state index >= 15 is 0 Å². The second kappa shape index (κ2) is 6.88. The lowest BCUT2D eigenvalue weighted by Gasteiger charge is -2.08. The SMILES string of the molecule is CCOc1ccc(C(=O)CNCCO)cc1N. The minimum Gasteiger partial charge on any atom is -0.492 e. The van der Waals surface area contributed by atoms with Crippen molar-refractivity contribution in [1.82, 2.24) is 5.32 Å². The van der Waals surface area contributed by atoms with Crippen LogP contribution in [0.2, 0.25) is 0 Å². The van der Waals surface area contributed by atoms with Crippen molar-refractivity contribution in [1.29, 1.82) is 0 Å². The van der Waals surface area contributed by atoms with Crippen molar-refractivity contribution in [2.75, 3.05) is 32.0 Å². The van der Waals surface area contributed by atoms with Gasteiger partial charge in [-0.1, -0.05) is 0 Å². The van der Waals surface area contributed by atoms with Gasteiger partial charge >= 0.3 is 0 Å². The summed E-state index contributed by atoms with van der Waals surface area (Å²) in [5.74, 6) is 0.528. The minimum atomic E-state index is -0.0619. The largest absolute Gasteiger partial charge is 0.492 e. The summed E-state index contributed by atoms with van der Waals surface area (Å²) in [5, 5.41) is 11.4. The van der Waals surface area contributed by atoms with E-state index in [2.05, 4.69) is 5.32 Å². The first kappa shape index (κ1) is 13.5. The van der Waals surface area contributed by atoms with Crippen LogP contribution in [0, 0.1) is 0 Å². The van der Waals surface area contributed by atoms with Gasteiger partial charge in [0.25, 0.3) is 0 Å². The molecule has 4 N–H and O–H groups in total. The van der Waals surface area contributed by atoms with Crippen LogP contribution in [0.4, 0.5) is 5.69 Å². The van der Waals surface area contributed by atoms with E-state index in [9.17, 15) is 4.79 Å². The lowest BCUT2D eigenvalue weighted by molar-refractivity contribution is 0.0989. The molecule has 0 aliphatic rings. The topological polar surface area (TPSA) is 84.6 Å². The van der Waals surface area contributed by atoms with Gasteiger partial charge in [0.1, 0.15) is 5.75 Å². The number of nitrogens with one attached hydrogen (secondary N) is 1. The summed E-state index contributed by atoms with van der Waals surface area (Å²) in [5.41, 5.74) is 6.76. The van der Waals surface area contributed by atoms with Crippen LogP contribution in [0.15, 0.2) is 18.2 Å². The van der Waals surface area contributed by atoms with Gasteiger partial charge in [-0.15, -0.1) is 0 Å². The van der Waals surface area contributed by atoms with Crippen LogP contribution in [-0.2, 0) is 0 Å². The normalized spacial score (nSPS) is 10.2. The summed E-state index contributed by atoms with van der Waals surface area (Å²) in [6, 6.07) is 4.98. The lowest BCUT2D eigenvalue weighted by atomic mass is 10.1. The molecular weight excluding hydrogens is 220 g/mol. The monoisotopic (exact) mass is 238 g/mol. The molecule has 0 atom stereocenters. The second-order valence-electron chi connectivity index (χ2n) is 3.51. The van der Waals surface area contributed by atoms with Gasteiger partial charge in [-0.25, -0.2) is 0 Å². The molecule has 0 bridgehead atoms. The zero-order chi connectivity index (χ0) is 12.7. The summed E-state index contributed by atoms with van der Waals surface area (Å²) >= 11 is 0. The Labute approximate surface area is 101 Å². The highest BCUT2D eigenvalue weighted by atomic mass is 16.5. The molecule has 0 amide bonds. The Balaban J connectivity index is 2.65. The molecule has 0 aliphatic carbocycles. The molecule has 94 valence electrons. The zero-order valence-corrected chi connectivity index (χ0v) is 9.90. The molecule has 1 rings (SSSR count). The fourth-order valence-corrected chi connectivity index (χ4v) is 1.39. The standard InChI is InChI=1S/C12H18N2O3/c1-2-17-12-4-3-9(7-10(12)13)11(16)8-14-5-6-15/h3-4,7,14-15H,2,5-6,8,13H2,1H3. The van der Waals surface area contributed by atoms with Gasteiger partial charge in [-0.3, -0.25) is 4.79 Å². The Morgan fingerprint density at radius 2 is 2.29 bits per heavy atom. The first-order valence-electron chi connectivity index (χ1n) is 5.56. The lowest BCUT2D eigenvalue weighted by Crippen LogP contribution is -2.25. The van der Waals surface area contributed by atoms with Crippen molar-refractivity contribution in [2.24, 2.45) is 0 Å². The predicted octanol–water partition coefficient (Wildman–Crippen LogP) is 0.432. The number of nitrogen functional groups attached to an aromatic ring is 1. The molecule has 0 radical (unpaired) electrons. The first-order valence-corrected chi connectivity index (χ1v) is 5.56. The van der Waals surface area contributed by atoms with E-state index in [1.54, 1.807) is 18.2 Å². The number of ketones is 1. The Bertz CT molecular complexity index is 380. The molecule has 5 nitrogen and oxygen atoms in total. The van der Waals surface area contributed by atoms with Gasteiger partial charge in [0.05, 0.1) is 25.4 Å². The van der Waals surface area contributed by atoms with Gasteiger partial charge in [-0.2, -0.15) is 0 Å². The van der Waals surface area contributed by atoms with E-state index < -0.39 is 0 Å². The van der Waals surface area contributed by atoms with Crippen LogP contribution in [-0.4, -0.2) is 37.2 Å². The maximum atomic E-state index is 11.7. The molecule has 0 saturated heterocycles. The predicted molar refractivity (Wildman–Crippen MR) is 66.3 cm³/mol. The molecule has 0 aromatic heterocycles. The fourth-order valence-electron chi connectivity index (χ4n) is 1.39. The number of nitrogens with two attached hydrogens (primary N) is 1. The number of hydrogen-bond acceptors (Lipinski definition) is 5. The van der Waals surface area contributed by atoms with Gasteiger partial charge in [0.15, 0.2) is 5.78 Å². The highest BCUT2D eigenvalue weighted by molar-refractivity contribution is 5.98. The Hall–Kier alpha value is -1.59. The molecule has 0 aliphatic heterocycles. The van der Waals surface area contributed by atoms with Crippen molar-refractivity contribution in [3.8, 4) is 5.75 Å². The number of Topliss-reactive ketones (excluding diaryl/α,β-unsaturated/α-hetero) is 1. The molecule has 5 heteroatoms. The quantitative estimate of drug-likeness (QED) is 0.364. The Morgan fingerprint density at radius 1 is 1.53 bits per heavy atom. The molecule has 0 saturated carbocycles. The fraction of sp³-hybridized carbons (Fsp3) is 0.417. The van der Waals surface area contributed by atoms with Crippen LogP contribution in [0.25, 0.3) is 0 Å². The van der Waals surface area contributed by atoms with Crippen LogP contribution in [0.5, 0.6) is 5.75 Å². The average molecular weight is 238 g/mol. The number of benzene rings is 1. The molecule has 1 aromatic carbocycles. The van der Waals surface area contributed by atoms with Crippen molar-refractivity contribution in [3.63, 3.8) is 0 Å².